The first-order chi connectivity index (χ1) is 8.70. The third-order valence-electron chi connectivity index (χ3n) is 2.21. The summed E-state index contributed by atoms with van der Waals surface area (Å²) in [6.07, 6.45) is 0.806. The Morgan fingerprint density at radius 1 is 1.37 bits per heavy atom. The van der Waals surface area contributed by atoms with E-state index < -0.39 is 21.7 Å². The molecule has 0 fully saturated rings. The maximum atomic E-state index is 11.6. The Morgan fingerprint density at radius 3 is 2.53 bits per heavy atom. The lowest BCUT2D eigenvalue weighted by atomic mass is 10.2. The van der Waals surface area contributed by atoms with Crippen LogP contribution in [0.1, 0.15) is 16.8 Å². The van der Waals surface area contributed by atoms with Crippen LogP contribution in [0.5, 0.6) is 0 Å². The first-order valence-electron chi connectivity index (χ1n) is 5.20. The summed E-state index contributed by atoms with van der Waals surface area (Å²) in [6, 6.07) is 4.46. The number of benzene rings is 1. The Balaban J connectivity index is 2.88. The zero-order valence-electron chi connectivity index (χ0n) is 10.0. The molecule has 0 atom stereocenters. The lowest BCUT2D eigenvalue weighted by molar-refractivity contribution is -0.115. The topological polar surface area (TPSA) is 101 Å². The van der Waals surface area contributed by atoms with Gasteiger partial charge in [-0.05, 0) is 28.1 Å². The predicted octanol–water partition coefficient (Wildman–Crippen LogP) is 1.52. The number of hydrogen-bond acceptors (Lipinski definition) is 4. The Labute approximate surface area is 118 Å². The Kier molecular flexibility index (Phi) is 5.07. The van der Waals surface area contributed by atoms with Crippen LogP contribution in [0.15, 0.2) is 22.7 Å². The Hall–Kier alpha value is -1.41. The molecule has 1 aromatic rings. The summed E-state index contributed by atoms with van der Waals surface area (Å²) < 4.78 is 22.3. The summed E-state index contributed by atoms with van der Waals surface area (Å²) in [4.78, 5) is 22.6. The van der Waals surface area contributed by atoms with Gasteiger partial charge in [-0.1, -0.05) is 6.07 Å². The number of anilines is 1. The highest BCUT2D eigenvalue weighted by Crippen LogP contribution is 2.26. The molecule has 19 heavy (non-hydrogen) atoms. The molecule has 0 radical (unpaired) electrons. The van der Waals surface area contributed by atoms with Crippen molar-refractivity contribution in [3.8, 4) is 0 Å². The molecule has 104 valence electrons. The van der Waals surface area contributed by atoms with E-state index in [9.17, 15) is 18.0 Å². The minimum Gasteiger partial charge on any atom is -0.478 e. The van der Waals surface area contributed by atoms with Crippen molar-refractivity contribution in [2.24, 2.45) is 0 Å². The third-order valence-corrected chi connectivity index (χ3v) is 3.81. The van der Waals surface area contributed by atoms with Gasteiger partial charge in [0.05, 0.1) is 17.0 Å². The van der Waals surface area contributed by atoms with Crippen LogP contribution in [0.2, 0.25) is 0 Å². The minimum absolute atomic E-state index is 0.0675. The van der Waals surface area contributed by atoms with Gasteiger partial charge in [0, 0.05) is 17.1 Å². The van der Waals surface area contributed by atoms with Crippen molar-refractivity contribution in [2.75, 3.05) is 17.3 Å². The lowest BCUT2D eigenvalue weighted by Gasteiger charge is -2.10. The van der Waals surface area contributed by atoms with Crippen LogP contribution in [0.3, 0.4) is 0 Å². The van der Waals surface area contributed by atoms with Crippen molar-refractivity contribution in [3.63, 3.8) is 0 Å². The smallest absolute Gasteiger partial charge is 0.337 e. The molecule has 1 amide bonds. The van der Waals surface area contributed by atoms with E-state index in [2.05, 4.69) is 21.2 Å². The predicted molar refractivity (Wildman–Crippen MR) is 74.1 cm³/mol. The highest BCUT2D eigenvalue weighted by Gasteiger charge is 2.16. The van der Waals surface area contributed by atoms with Crippen molar-refractivity contribution in [3.05, 3.63) is 28.2 Å². The second kappa shape index (κ2) is 6.16. The maximum Gasteiger partial charge on any atom is 0.337 e. The van der Waals surface area contributed by atoms with Crippen LogP contribution in [0, 0.1) is 0 Å². The molecule has 0 saturated heterocycles. The van der Waals surface area contributed by atoms with E-state index >= 15 is 0 Å². The van der Waals surface area contributed by atoms with E-state index in [-0.39, 0.29) is 23.4 Å². The number of sulfone groups is 1. The minimum atomic E-state index is -3.24. The fraction of sp³-hybridized carbons (Fsp3) is 0.273. The number of nitrogens with one attached hydrogen (secondary N) is 1. The van der Waals surface area contributed by atoms with E-state index in [0.29, 0.717) is 4.47 Å². The summed E-state index contributed by atoms with van der Waals surface area (Å²) in [7, 11) is -3.24. The van der Waals surface area contributed by atoms with Crippen molar-refractivity contribution in [1.29, 1.82) is 0 Å². The molecular formula is C11H12BrNO5S. The molecule has 0 heterocycles. The zero-order valence-corrected chi connectivity index (χ0v) is 12.4. The molecule has 2 N–H and O–H groups in total. The average Bonchev–Trinajstić information content (AvgIpc) is 2.28. The Morgan fingerprint density at radius 2 is 2.00 bits per heavy atom. The van der Waals surface area contributed by atoms with Crippen LogP contribution in [0.4, 0.5) is 5.69 Å². The number of hydrogen-bond donors (Lipinski definition) is 2. The van der Waals surface area contributed by atoms with Gasteiger partial charge in [-0.3, -0.25) is 4.79 Å². The summed E-state index contributed by atoms with van der Waals surface area (Å²) >= 11 is 3.14. The number of carbonyl (C=O) groups excluding carboxylic acids is 1. The van der Waals surface area contributed by atoms with Crippen LogP contribution in [0.25, 0.3) is 0 Å². The summed E-state index contributed by atoms with van der Waals surface area (Å²) in [6.45, 7) is 0. The molecule has 0 spiro atoms. The van der Waals surface area contributed by atoms with Crippen molar-refractivity contribution < 1.29 is 23.1 Å². The number of halogens is 1. The van der Waals surface area contributed by atoms with Crippen LogP contribution < -0.4 is 5.32 Å². The molecule has 1 aromatic carbocycles. The molecule has 0 aliphatic rings. The van der Waals surface area contributed by atoms with Crippen LogP contribution in [-0.4, -0.2) is 37.4 Å². The summed E-state index contributed by atoms with van der Waals surface area (Å²) in [5.74, 6) is -2.02. The first kappa shape index (κ1) is 15.6. The molecule has 0 unspecified atom stereocenters. The van der Waals surface area contributed by atoms with Gasteiger partial charge in [-0.15, -0.1) is 0 Å². The van der Waals surface area contributed by atoms with Gasteiger partial charge in [-0.2, -0.15) is 0 Å². The van der Waals surface area contributed by atoms with E-state index in [1.165, 1.54) is 12.1 Å². The van der Waals surface area contributed by atoms with Gasteiger partial charge in [0.25, 0.3) is 0 Å². The monoisotopic (exact) mass is 349 g/mol. The molecule has 0 bridgehead atoms. The highest BCUT2D eigenvalue weighted by atomic mass is 79.9. The second-order valence-electron chi connectivity index (χ2n) is 3.90. The molecule has 6 nitrogen and oxygen atoms in total. The van der Waals surface area contributed by atoms with Crippen LogP contribution in [-0.2, 0) is 14.6 Å². The Bertz CT molecular complexity index is 612. The van der Waals surface area contributed by atoms with Gasteiger partial charge in [0.15, 0.2) is 0 Å². The molecule has 0 aliphatic carbocycles. The number of para-hydroxylation sites is 1. The van der Waals surface area contributed by atoms with E-state index in [0.717, 1.165) is 6.26 Å². The lowest BCUT2D eigenvalue weighted by Crippen LogP contribution is -2.18. The second-order valence-corrected chi connectivity index (χ2v) is 7.01. The number of rotatable bonds is 5. The molecule has 0 aromatic heterocycles. The van der Waals surface area contributed by atoms with Crippen molar-refractivity contribution >= 4 is 43.3 Å². The van der Waals surface area contributed by atoms with Crippen molar-refractivity contribution in [1.82, 2.24) is 0 Å². The fourth-order valence-corrected chi connectivity index (χ4v) is 2.33. The SMILES string of the molecule is CS(=O)(=O)CCC(=O)Nc1c(Br)cccc1C(=O)O. The van der Waals surface area contributed by atoms with E-state index in [1.54, 1.807) is 6.07 Å². The highest BCUT2D eigenvalue weighted by molar-refractivity contribution is 9.10. The quantitative estimate of drug-likeness (QED) is 0.839. The maximum absolute atomic E-state index is 11.6. The summed E-state index contributed by atoms with van der Waals surface area (Å²) in [5.41, 5.74) is 0.0515. The molecule has 1 rings (SSSR count). The van der Waals surface area contributed by atoms with E-state index in [1.807, 2.05) is 0 Å². The zero-order chi connectivity index (χ0) is 14.6. The fourth-order valence-electron chi connectivity index (χ4n) is 1.31. The largest absolute Gasteiger partial charge is 0.478 e. The molecular weight excluding hydrogens is 338 g/mol. The number of aromatic carboxylic acids is 1. The number of carboxylic acids is 1. The van der Waals surface area contributed by atoms with Gasteiger partial charge in [0.1, 0.15) is 9.84 Å². The van der Waals surface area contributed by atoms with Gasteiger partial charge < -0.3 is 10.4 Å². The summed E-state index contributed by atoms with van der Waals surface area (Å²) in [5, 5.41) is 11.4. The third kappa shape index (κ3) is 4.99. The number of carboxylic acid groups (broad SMARTS) is 1. The van der Waals surface area contributed by atoms with Gasteiger partial charge in [-0.25, -0.2) is 13.2 Å². The number of carbonyl (C=O) groups is 2. The van der Waals surface area contributed by atoms with E-state index in [4.69, 9.17) is 5.11 Å². The van der Waals surface area contributed by atoms with Crippen LogP contribution >= 0.6 is 15.9 Å². The molecule has 0 saturated carbocycles. The normalized spacial score (nSPS) is 11.1. The molecule has 0 aliphatic heterocycles. The van der Waals surface area contributed by atoms with Gasteiger partial charge in [0.2, 0.25) is 5.91 Å². The molecule has 8 heteroatoms. The average molecular weight is 350 g/mol. The first-order valence-corrected chi connectivity index (χ1v) is 8.05. The van der Waals surface area contributed by atoms with Gasteiger partial charge >= 0.3 is 5.97 Å². The standard InChI is InChI=1S/C11H12BrNO5S/c1-19(17,18)6-5-9(14)13-10-7(11(15)16)3-2-4-8(10)12/h2-4H,5-6H2,1H3,(H,13,14)(H,15,16). The number of amides is 1. The van der Waals surface area contributed by atoms with Crippen molar-refractivity contribution in [2.45, 2.75) is 6.42 Å².